The number of pyridine rings is 1. The van der Waals surface area contributed by atoms with Gasteiger partial charge in [0, 0.05) is 17.9 Å². The summed E-state index contributed by atoms with van der Waals surface area (Å²) in [5.74, 6) is -0.949. The number of hydrogen-bond acceptors (Lipinski definition) is 5. The molecule has 0 saturated carbocycles. The molecule has 0 aliphatic carbocycles. The van der Waals surface area contributed by atoms with Crippen molar-refractivity contribution in [1.82, 2.24) is 25.3 Å². The second-order valence-corrected chi connectivity index (χ2v) is 8.10. The van der Waals surface area contributed by atoms with Gasteiger partial charge in [0.15, 0.2) is 0 Å². The molecule has 0 radical (unpaired) electrons. The molecule has 31 heavy (non-hydrogen) atoms. The summed E-state index contributed by atoms with van der Waals surface area (Å²) in [6.45, 7) is -0.125. The molecule has 3 heterocycles. The van der Waals surface area contributed by atoms with Gasteiger partial charge in [-0.25, -0.2) is 18.7 Å². The minimum atomic E-state index is -0.790. The number of nitrogens with zero attached hydrogens (tertiary/aromatic N) is 3. The van der Waals surface area contributed by atoms with Crippen LogP contribution < -0.4 is 5.32 Å². The van der Waals surface area contributed by atoms with Gasteiger partial charge in [-0.1, -0.05) is 18.6 Å². The number of imidazole rings is 1. The number of carbonyl (C=O) groups excluding carboxylic acids is 1. The summed E-state index contributed by atoms with van der Waals surface area (Å²) in [6, 6.07) is 8.73. The predicted molar refractivity (Wildman–Crippen MR) is 115 cm³/mol. The lowest BCUT2D eigenvalue weighted by atomic mass is 10.1. The van der Waals surface area contributed by atoms with Gasteiger partial charge in [0.25, 0.3) is 5.91 Å². The third-order valence-corrected chi connectivity index (χ3v) is 5.74. The second-order valence-electron chi connectivity index (χ2n) is 7.15. The number of halogens is 2. The van der Waals surface area contributed by atoms with Crippen molar-refractivity contribution < 1.29 is 13.6 Å². The van der Waals surface area contributed by atoms with E-state index < -0.39 is 17.5 Å². The molecule has 3 aromatic heterocycles. The lowest BCUT2D eigenvalue weighted by molar-refractivity contribution is 0.0945. The van der Waals surface area contributed by atoms with Gasteiger partial charge in [0.1, 0.15) is 23.2 Å². The van der Waals surface area contributed by atoms with E-state index in [0.717, 1.165) is 66.2 Å². The van der Waals surface area contributed by atoms with Gasteiger partial charge in [0.05, 0.1) is 34.5 Å². The monoisotopic (exact) mass is 441 g/mol. The number of para-hydroxylation sites is 2. The first-order chi connectivity index (χ1) is 15.1. The second kappa shape index (κ2) is 9.74. The summed E-state index contributed by atoms with van der Waals surface area (Å²) in [7, 11) is 0. The van der Waals surface area contributed by atoms with Crippen molar-refractivity contribution in [3.8, 4) is 0 Å². The van der Waals surface area contributed by atoms with E-state index in [9.17, 15) is 13.6 Å². The molecule has 0 aliphatic rings. The van der Waals surface area contributed by atoms with Crippen molar-refractivity contribution in [2.75, 3.05) is 0 Å². The van der Waals surface area contributed by atoms with Gasteiger partial charge in [0.2, 0.25) is 0 Å². The maximum atomic E-state index is 13.6. The molecule has 0 spiro atoms. The molecule has 1 amide bonds. The number of amides is 1. The molecule has 9 heteroatoms. The maximum absolute atomic E-state index is 13.6. The minimum Gasteiger partial charge on any atom is -0.345 e. The zero-order valence-electron chi connectivity index (χ0n) is 16.7. The Bertz CT molecular complexity index is 1160. The first kappa shape index (κ1) is 21.0. The predicted octanol–water partition coefficient (Wildman–Crippen LogP) is 4.58. The van der Waals surface area contributed by atoms with Crippen LogP contribution in [-0.4, -0.2) is 25.8 Å². The lowest BCUT2D eigenvalue weighted by Gasteiger charge is -2.04. The Labute approximate surface area is 181 Å². The molecular formula is C22H21F2N5OS. The highest BCUT2D eigenvalue weighted by atomic mass is 32.1. The number of benzene rings is 1. The maximum Gasteiger partial charge on any atom is 0.271 e. The van der Waals surface area contributed by atoms with Gasteiger partial charge < -0.3 is 10.3 Å². The Morgan fingerprint density at radius 3 is 2.77 bits per heavy atom. The Morgan fingerprint density at radius 1 is 1.10 bits per heavy atom. The molecule has 4 rings (SSSR count). The first-order valence-electron chi connectivity index (χ1n) is 10.0. The molecular weight excluding hydrogens is 420 g/mol. The number of carbonyl (C=O) groups is 1. The average Bonchev–Trinajstić information content (AvgIpc) is 3.39. The van der Waals surface area contributed by atoms with Crippen LogP contribution in [0.1, 0.15) is 46.3 Å². The summed E-state index contributed by atoms with van der Waals surface area (Å²) in [5, 5.41) is 5.14. The van der Waals surface area contributed by atoms with Crippen molar-refractivity contribution in [2.24, 2.45) is 0 Å². The summed E-state index contributed by atoms with van der Waals surface area (Å²) >= 11 is 1.43. The molecule has 0 atom stereocenters. The Morgan fingerprint density at radius 2 is 1.94 bits per heavy atom. The van der Waals surface area contributed by atoms with Crippen molar-refractivity contribution in [2.45, 2.75) is 38.6 Å². The third-order valence-electron chi connectivity index (χ3n) is 4.83. The van der Waals surface area contributed by atoms with Gasteiger partial charge in [-0.2, -0.15) is 0 Å². The number of fused-ring (bicyclic) bond motifs is 1. The van der Waals surface area contributed by atoms with Crippen molar-refractivity contribution in [3.63, 3.8) is 0 Å². The Hall–Kier alpha value is -3.20. The summed E-state index contributed by atoms with van der Waals surface area (Å²) in [5.41, 5.74) is 2.33. The number of H-pyrrole nitrogens is 1. The zero-order valence-corrected chi connectivity index (χ0v) is 17.5. The Kier molecular flexibility index (Phi) is 6.61. The zero-order chi connectivity index (χ0) is 21.6. The van der Waals surface area contributed by atoms with Crippen LogP contribution in [0.25, 0.3) is 11.0 Å². The van der Waals surface area contributed by atoms with E-state index in [-0.39, 0.29) is 12.2 Å². The molecule has 4 aromatic rings. The van der Waals surface area contributed by atoms with E-state index in [4.69, 9.17) is 0 Å². The van der Waals surface area contributed by atoms with Gasteiger partial charge in [-0.05, 0) is 31.4 Å². The van der Waals surface area contributed by atoms with E-state index in [1.807, 2.05) is 24.3 Å². The normalized spacial score (nSPS) is 11.2. The summed E-state index contributed by atoms with van der Waals surface area (Å²) in [4.78, 5) is 28.1. The Balaban J connectivity index is 1.19. The number of thiazole rings is 1. The van der Waals surface area contributed by atoms with E-state index >= 15 is 0 Å². The van der Waals surface area contributed by atoms with E-state index in [1.165, 1.54) is 11.3 Å². The number of nitrogens with one attached hydrogen (secondary N) is 2. The van der Waals surface area contributed by atoms with Gasteiger partial charge in [-0.3, -0.25) is 9.78 Å². The highest BCUT2D eigenvalue weighted by Crippen LogP contribution is 2.16. The largest absolute Gasteiger partial charge is 0.345 e. The van der Waals surface area contributed by atoms with Crippen LogP contribution in [0.3, 0.4) is 0 Å². The van der Waals surface area contributed by atoms with E-state index in [1.54, 1.807) is 5.38 Å². The highest BCUT2D eigenvalue weighted by molar-refractivity contribution is 7.09. The lowest BCUT2D eigenvalue weighted by Crippen LogP contribution is -2.24. The molecule has 160 valence electrons. The SMILES string of the molecule is O=C(NCc1ncc(F)cc1F)c1csc(CCCCCc2nc3ccccc3[nH]2)n1. The fraction of sp³-hybridized carbons (Fsp3) is 0.273. The van der Waals surface area contributed by atoms with Crippen LogP contribution in [0, 0.1) is 11.6 Å². The van der Waals surface area contributed by atoms with Crippen LogP contribution in [0.5, 0.6) is 0 Å². The fourth-order valence-corrected chi connectivity index (χ4v) is 4.05. The molecule has 6 nitrogen and oxygen atoms in total. The fourth-order valence-electron chi connectivity index (χ4n) is 3.23. The van der Waals surface area contributed by atoms with Crippen molar-refractivity contribution >= 4 is 28.3 Å². The van der Waals surface area contributed by atoms with Crippen LogP contribution in [0.15, 0.2) is 41.9 Å². The number of rotatable bonds is 9. The molecule has 0 aliphatic heterocycles. The van der Waals surface area contributed by atoms with E-state index in [0.29, 0.717) is 5.69 Å². The summed E-state index contributed by atoms with van der Waals surface area (Å²) in [6.07, 6.45) is 5.64. The number of aryl methyl sites for hydroxylation is 2. The smallest absolute Gasteiger partial charge is 0.271 e. The minimum absolute atomic E-state index is 0.0188. The van der Waals surface area contributed by atoms with Crippen LogP contribution in [-0.2, 0) is 19.4 Å². The standard InChI is InChI=1S/C22H21F2N5OS/c23-14-10-15(24)18(25-11-14)12-26-22(30)19-13-31-21(29-19)9-3-1-2-8-20-27-16-6-4-5-7-17(16)28-20/h4-7,10-11,13H,1-3,8-9,12H2,(H,26,30)(H,27,28). The van der Waals surface area contributed by atoms with Gasteiger partial charge >= 0.3 is 0 Å². The van der Waals surface area contributed by atoms with E-state index in [2.05, 4.69) is 25.3 Å². The van der Waals surface area contributed by atoms with Crippen LogP contribution in [0.2, 0.25) is 0 Å². The molecule has 1 aromatic carbocycles. The number of aromatic amines is 1. The average molecular weight is 442 g/mol. The molecule has 2 N–H and O–H groups in total. The number of aromatic nitrogens is 4. The van der Waals surface area contributed by atoms with Crippen molar-refractivity contribution in [3.05, 3.63) is 75.8 Å². The molecule has 0 saturated heterocycles. The quantitative estimate of drug-likeness (QED) is 0.373. The first-order valence-corrected chi connectivity index (χ1v) is 10.9. The van der Waals surface area contributed by atoms with Crippen molar-refractivity contribution in [1.29, 1.82) is 0 Å². The van der Waals surface area contributed by atoms with Crippen LogP contribution >= 0.6 is 11.3 Å². The molecule has 0 bridgehead atoms. The van der Waals surface area contributed by atoms with Gasteiger partial charge in [-0.15, -0.1) is 11.3 Å². The third kappa shape index (κ3) is 5.49. The number of hydrogen-bond donors (Lipinski definition) is 2. The van der Waals surface area contributed by atoms with Crippen LogP contribution in [0.4, 0.5) is 8.78 Å². The topological polar surface area (TPSA) is 83.6 Å². The highest BCUT2D eigenvalue weighted by Gasteiger charge is 2.13. The molecule has 0 fully saturated rings. The molecule has 0 unspecified atom stereocenters. The summed E-state index contributed by atoms with van der Waals surface area (Å²) < 4.78 is 26.5. The number of unbranched alkanes of at least 4 members (excludes halogenated alkanes) is 2.